The molecule has 0 saturated heterocycles. The molecule has 0 saturated carbocycles. The molecule has 0 atom stereocenters. The summed E-state index contributed by atoms with van der Waals surface area (Å²) in [6, 6.07) is 11.2. The van der Waals surface area contributed by atoms with E-state index in [4.69, 9.17) is 16.3 Å². The van der Waals surface area contributed by atoms with Crippen LogP contribution in [0.4, 0.5) is 11.5 Å². The number of carbonyl (C=O) groups is 1. The van der Waals surface area contributed by atoms with Gasteiger partial charge in [0.2, 0.25) is 5.91 Å². The predicted octanol–water partition coefficient (Wildman–Crippen LogP) is 3.68. The van der Waals surface area contributed by atoms with Crippen molar-refractivity contribution in [3.8, 4) is 5.75 Å². The summed E-state index contributed by atoms with van der Waals surface area (Å²) in [5, 5.41) is 4.35. The number of rotatable bonds is 5. The Hall–Kier alpha value is -2.86. The van der Waals surface area contributed by atoms with Gasteiger partial charge in [-0.2, -0.15) is 0 Å². The minimum atomic E-state index is -0.185. The van der Waals surface area contributed by atoms with Crippen LogP contribution in [0, 0.1) is 6.92 Å². The van der Waals surface area contributed by atoms with Gasteiger partial charge >= 0.3 is 0 Å². The Morgan fingerprint density at radius 3 is 2.81 bits per heavy atom. The third-order valence-electron chi connectivity index (χ3n) is 4.02. The molecule has 134 valence electrons. The first-order chi connectivity index (χ1) is 12.5. The molecule has 3 aromatic rings. The van der Waals surface area contributed by atoms with Crippen molar-refractivity contribution in [1.29, 1.82) is 0 Å². The van der Waals surface area contributed by atoms with Crippen LogP contribution in [-0.4, -0.2) is 36.6 Å². The summed E-state index contributed by atoms with van der Waals surface area (Å²) in [7, 11) is 3.36. The smallest absolute Gasteiger partial charge is 0.244 e. The highest BCUT2D eigenvalue weighted by atomic mass is 35.5. The number of aromatic nitrogens is 2. The van der Waals surface area contributed by atoms with Gasteiger partial charge in [-0.15, -0.1) is 0 Å². The number of carbonyl (C=O) groups excluding carboxylic acids is 1. The lowest BCUT2D eigenvalue weighted by Gasteiger charge is -2.19. The van der Waals surface area contributed by atoms with E-state index in [9.17, 15) is 4.79 Å². The van der Waals surface area contributed by atoms with Crippen molar-refractivity contribution in [3.05, 3.63) is 53.3 Å². The summed E-state index contributed by atoms with van der Waals surface area (Å²) in [5.41, 5.74) is 2.28. The molecule has 0 unspecified atom stereocenters. The zero-order chi connectivity index (χ0) is 18.7. The number of methoxy groups -OCH3 is 1. The fourth-order valence-corrected chi connectivity index (χ4v) is 2.86. The summed E-state index contributed by atoms with van der Waals surface area (Å²) in [5.74, 6) is 1.03. The molecule has 3 rings (SSSR count). The summed E-state index contributed by atoms with van der Waals surface area (Å²) in [6.07, 6.45) is 1.50. The maximum atomic E-state index is 12.5. The lowest BCUT2D eigenvalue weighted by Crippen LogP contribution is -2.31. The van der Waals surface area contributed by atoms with Crippen molar-refractivity contribution in [1.82, 2.24) is 9.97 Å². The number of hydrogen-bond acceptors (Lipinski definition) is 5. The number of benzene rings is 2. The predicted molar refractivity (Wildman–Crippen MR) is 104 cm³/mol. The molecule has 0 radical (unpaired) electrons. The lowest BCUT2D eigenvalue weighted by molar-refractivity contribution is -0.114. The molecule has 0 aliphatic carbocycles. The van der Waals surface area contributed by atoms with E-state index in [0.29, 0.717) is 22.3 Å². The zero-order valence-corrected chi connectivity index (χ0v) is 15.5. The van der Waals surface area contributed by atoms with E-state index in [2.05, 4.69) is 15.3 Å². The number of nitrogens with one attached hydrogen (secondary N) is 1. The average Bonchev–Trinajstić information content (AvgIpc) is 2.63. The summed E-state index contributed by atoms with van der Waals surface area (Å²) in [6.45, 7) is 2.00. The molecule has 1 heterocycles. The SMILES string of the molecule is COc1cc(Cl)c(C)cc1NC(=O)CN(C)c1ncnc2ccccc12. The van der Waals surface area contributed by atoms with Crippen LogP contribution in [0.1, 0.15) is 5.56 Å². The van der Waals surface area contributed by atoms with Gasteiger partial charge in [0.15, 0.2) is 0 Å². The highest BCUT2D eigenvalue weighted by Crippen LogP contribution is 2.31. The second-order valence-electron chi connectivity index (χ2n) is 5.92. The van der Waals surface area contributed by atoms with Crippen LogP contribution in [0.15, 0.2) is 42.7 Å². The zero-order valence-electron chi connectivity index (χ0n) is 14.8. The van der Waals surface area contributed by atoms with E-state index in [1.54, 1.807) is 17.0 Å². The maximum Gasteiger partial charge on any atom is 0.244 e. The molecule has 7 heteroatoms. The van der Waals surface area contributed by atoms with Gasteiger partial charge in [0, 0.05) is 23.5 Å². The number of aryl methyl sites for hydroxylation is 1. The molecular formula is C19H19ClN4O2. The molecule has 1 amide bonds. The Morgan fingerprint density at radius 1 is 1.27 bits per heavy atom. The second-order valence-corrected chi connectivity index (χ2v) is 6.33. The van der Waals surface area contributed by atoms with Crippen molar-refractivity contribution in [2.45, 2.75) is 6.92 Å². The quantitative estimate of drug-likeness (QED) is 0.742. The van der Waals surface area contributed by atoms with Crippen molar-refractivity contribution in [2.24, 2.45) is 0 Å². The summed E-state index contributed by atoms with van der Waals surface area (Å²) in [4.78, 5) is 22.9. The van der Waals surface area contributed by atoms with Crippen molar-refractivity contribution in [2.75, 3.05) is 30.9 Å². The molecule has 1 aromatic heterocycles. The van der Waals surface area contributed by atoms with Gasteiger partial charge in [0.25, 0.3) is 0 Å². The first kappa shape index (κ1) is 17.9. The Morgan fingerprint density at radius 2 is 2.04 bits per heavy atom. The van der Waals surface area contributed by atoms with Crippen LogP contribution in [0.5, 0.6) is 5.75 Å². The van der Waals surface area contributed by atoms with Gasteiger partial charge in [-0.1, -0.05) is 23.7 Å². The van der Waals surface area contributed by atoms with Crippen molar-refractivity contribution < 1.29 is 9.53 Å². The molecule has 2 aromatic carbocycles. The summed E-state index contributed by atoms with van der Waals surface area (Å²) < 4.78 is 5.30. The average molecular weight is 371 g/mol. The second kappa shape index (κ2) is 7.58. The first-order valence-corrected chi connectivity index (χ1v) is 8.42. The molecule has 0 spiro atoms. The van der Waals surface area contributed by atoms with Crippen LogP contribution in [0.3, 0.4) is 0 Å². The number of fused-ring (bicyclic) bond motifs is 1. The Kier molecular flexibility index (Phi) is 5.23. The minimum absolute atomic E-state index is 0.131. The normalized spacial score (nSPS) is 10.6. The Balaban J connectivity index is 1.79. The molecular weight excluding hydrogens is 352 g/mol. The van der Waals surface area contributed by atoms with E-state index in [0.717, 1.165) is 16.5 Å². The monoisotopic (exact) mass is 370 g/mol. The molecule has 0 aliphatic rings. The van der Waals surface area contributed by atoms with Gasteiger partial charge in [-0.05, 0) is 30.7 Å². The van der Waals surface area contributed by atoms with Gasteiger partial charge in [-0.3, -0.25) is 4.79 Å². The fraction of sp³-hybridized carbons (Fsp3) is 0.211. The molecule has 1 N–H and O–H groups in total. The van der Waals surface area contributed by atoms with Crippen molar-refractivity contribution >= 4 is 39.9 Å². The molecule has 26 heavy (non-hydrogen) atoms. The molecule has 0 fully saturated rings. The number of halogens is 1. The Labute approximate surface area is 156 Å². The van der Waals surface area contributed by atoms with Crippen LogP contribution >= 0.6 is 11.6 Å². The van der Waals surface area contributed by atoms with Gasteiger partial charge in [0.1, 0.15) is 17.9 Å². The number of nitrogens with zero attached hydrogens (tertiary/aromatic N) is 3. The number of para-hydroxylation sites is 1. The van der Waals surface area contributed by atoms with Gasteiger partial charge < -0.3 is 15.0 Å². The highest BCUT2D eigenvalue weighted by Gasteiger charge is 2.14. The number of hydrogen-bond donors (Lipinski definition) is 1. The molecule has 6 nitrogen and oxygen atoms in total. The Bertz CT molecular complexity index is 956. The summed E-state index contributed by atoms with van der Waals surface area (Å²) >= 11 is 6.11. The van der Waals surface area contributed by atoms with Crippen LogP contribution in [0.2, 0.25) is 5.02 Å². The van der Waals surface area contributed by atoms with E-state index < -0.39 is 0 Å². The van der Waals surface area contributed by atoms with Crippen LogP contribution in [-0.2, 0) is 4.79 Å². The number of ether oxygens (including phenoxy) is 1. The van der Waals surface area contributed by atoms with Crippen LogP contribution in [0.25, 0.3) is 10.9 Å². The van der Waals surface area contributed by atoms with E-state index in [1.807, 2.05) is 38.2 Å². The number of amides is 1. The van der Waals surface area contributed by atoms with E-state index in [-0.39, 0.29) is 12.5 Å². The third kappa shape index (κ3) is 3.70. The topological polar surface area (TPSA) is 67.3 Å². The van der Waals surface area contributed by atoms with Crippen LogP contribution < -0.4 is 15.0 Å². The fourth-order valence-electron chi connectivity index (χ4n) is 2.70. The molecule has 0 bridgehead atoms. The molecule has 0 aliphatic heterocycles. The van der Waals surface area contributed by atoms with Crippen molar-refractivity contribution in [3.63, 3.8) is 0 Å². The van der Waals surface area contributed by atoms with E-state index in [1.165, 1.54) is 13.4 Å². The first-order valence-electron chi connectivity index (χ1n) is 8.04. The maximum absolute atomic E-state index is 12.5. The van der Waals surface area contributed by atoms with Gasteiger partial charge in [-0.25, -0.2) is 9.97 Å². The lowest BCUT2D eigenvalue weighted by atomic mass is 10.2. The van der Waals surface area contributed by atoms with Gasteiger partial charge in [0.05, 0.1) is 24.9 Å². The standard InChI is InChI=1S/C19H19ClN4O2/c1-12-8-16(17(26-3)9-14(12)20)23-18(25)10-24(2)19-13-6-4-5-7-15(13)21-11-22-19/h4-9,11H,10H2,1-3H3,(H,23,25). The van der Waals surface area contributed by atoms with E-state index >= 15 is 0 Å². The third-order valence-corrected chi connectivity index (χ3v) is 4.43. The highest BCUT2D eigenvalue weighted by molar-refractivity contribution is 6.31. The number of likely N-dealkylation sites (N-methyl/N-ethyl adjacent to an activating group) is 1. The minimum Gasteiger partial charge on any atom is -0.495 e. The number of anilines is 2. The largest absolute Gasteiger partial charge is 0.495 e.